The van der Waals surface area contributed by atoms with Crippen molar-refractivity contribution in [1.29, 1.82) is 0 Å². The van der Waals surface area contributed by atoms with Crippen LogP contribution in [-0.2, 0) is 9.53 Å². The molecule has 1 heterocycles. The highest BCUT2D eigenvalue weighted by Crippen LogP contribution is 2.47. The number of aromatic amines is 1. The van der Waals surface area contributed by atoms with E-state index in [9.17, 15) is 4.79 Å². The van der Waals surface area contributed by atoms with Gasteiger partial charge in [0.15, 0.2) is 0 Å². The van der Waals surface area contributed by atoms with Gasteiger partial charge in [0.1, 0.15) is 5.82 Å². The number of para-hydroxylation sites is 2. The van der Waals surface area contributed by atoms with Crippen molar-refractivity contribution in [2.75, 3.05) is 6.61 Å². The minimum Gasteiger partial charge on any atom is -0.466 e. The molecule has 1 fully saturated rings. The first-order valence-corrected chi connectivity index (χ1v) is 5.91. The fourth-order valence-electron chi connectivity index (χ4n) is 2.16. The molecule has 0 spiro atoms. The lowest BCUT2D eigenvalue weighted by Gasteiger charge is -1.98. The van der Waals surface area contributed by atoms with Gasteiger partial charge in [0.05, 0.1) is 23.6 Å². The van der Waals surface area contributed by atoms with Crippen LogP contribution in [0.15, 0.2) is 24.3 Å². The Bertz CT molecular complexity index is 528. The van der Waals surface area contributed by atoms with E-state index in [4.69, 9.17) is 4.74 Å². The van der Waals surface area contributed by atoms with Gasteiger partial charge in [0.2, 0.25) is 0 Å². The lowest BCUT2D eigenvalue weighted by molar-refractivity contribution is -0.144. The SMILES string of the molecule is CCOC(=O)C1CC1c1nc2ccccc2[nH]1. The van der Waals surface area contributed by atoms with Gasteiger partial charge in [-0.3, -0.25) is 4.79 Å². The van der Waals surface area contributed by atoms with Crippen molar-refractivity contribution in [2.24, 2.45) is 5.92 Å². The summed E-state index contributed by atoms with van der Waals surface area (Å²) in [6.07, 6.45) is 0.846. The summed E-state index contributed by atoms with van der Waals surface area (Å²) in [6.45, 7) is 2.28. The van der Waals surface area contributed by atoms with Gasteiger partial charge in [0.25, 0.3) is 0 Å². The number of hydrogen-bond acceptors (Lipinski definition) is 3. The highest BCUT2D eigenvalue weighted by molar-refractivity contribution is 5.79. The zero-order chi connectivity index (χ0) is 11.8. The molecule has 2 atom stereocenters. The number of esters is 1. The third-order valence-electron chi connectivity index (χ3n) is 3.14. The van der Waals surface area contributed by atoms with Crippen LogP contribution in [0.5, 0.6) is 0 Å². The van der Waals surface area contributed by atoms with Crippen LogP contribution in [0.25, 0.3) is 11.0 Å². The van der Waals surface area contributed by atoms with Crippen molar-refractivity contribution in [1.82, 2.24) is 9.97 Å². The first-order valence-electron chi connectivity index (χ1n) is 5.91. The quantitative estimate of drug-likeness (QED) is 0.822. The Hall–Kier alpha value is -1.84. The summed E-state index contributed by atoms with van der Waals surface area (Å²) in [6, 6.07) is 7.90. The zero-order valence-corrected chi connectivity index (χ0v) is 9.64. The van der Waals surface area contributed by atoms with Crippen LogP contribution in [-0.4, -0.2) is 22.5 Å². The maximum Gasteiger partial charge on any atom is 0.309 e. The molecular weight excluding hydrogens is 216 g/mol. The molecule has 1 aliphatic carbocycles. The molecule has 0 radical (unpaired) electrons. The summed E-state index contributed by atoms with van der Waals surface area (Å²) in [5.74, 6) is 1.01. The van der Waals surface area contributed by atoms with E-state index < -0.39 is 0 Å². The number of benzene rings is 1. The molecule has 2 unspecified atom stereocenters. The predicted molar refractivity (Wildman–Crippen MR) is 63.6 cm³/mol. The Labute approximate surface area is 99.0 Å². The first kappa shape index (κ1) is 10.3. The molecule has 17 heavy (non-hydrogen) atoms. The molecule has 0 saturated heterocycles. The van der Waals surface area contributed by atoms with Gasteiger partial charge in [0, 0.05) is 5.92 Å². The molecule has 4 heteroatoms. The standard InChI is InChI=1S/C13H14N2O2/c1-2-17-13(16)9-7-8(9)12-14-10-5-3-4-6-11(10)15-12/h3-6,8-9H,2,7H2,1H3,(H,14,15). The number of H-pyrrole nitrogens is 1. The van der Waals surface area contributed by atoms with Crippen LogP contribution < -0.4 is 0 Å². The molecular formula is C13H14N2O2. The molecule has 1 aliphatic rings. The second-order valence-corrected chi connectivity index (χ2v) is 4.34. The van der Waals surface area contributed by atoms with Crippen molar-refractivity contribution in [3.63, 3.8) is 0 Å². The zero-order valence-electron chi connectivity index (χ0n) is 9.64. The highest BCUT2D eigenvalue weighted by Gasteiger charge is 2.47. The van der Waals surface area contributed by atoms with Crippen LogP contribution in [0.4, 0.5) is 0 Å². The molecule has 88 valence electrons. The first-order chi connectivity index (χ1) is 8.29. The molecule has 2 aromatic rings. The number of fused-ring (bicyclic) bond motifs is 1. The van der Waals surface area contributed by atoms with Gasteiger partial charge >= 0.3 is 5.97 Å². The minimum absolute atomic E-state index is 0.00416. The number of hydrogen-bond donors (Lipinski definition) is 1. The summed E-state index contributed by atoms with van der Waals surface area (Å²) in [5.41, 5.74) is 1.98. The van der Waals surface area contributed by atoms with Gasteiger partial charge < -0.3 is 9.72 Å². The van der Waals surface area contributed by atoms with Crippen molar-refractivity contribution < 1.29 is 9.53 Å². The van der Waals surface area contributed by atoms with E-state index in [-0.39, 0.29) is 17.8 Å². The third kappa shape index (κ3) is 1.79. The molecule has 4 nitrogen and oxygen atoms in total. The van der Waals surface area contributed by atoms with Crippen LogP contribution in [0.2, 0.25) is 0 Å². The Balaban J connectivity index is 1.80. The third-order valence-corrected chi connectivity index (χ3v) is 3.14. The van der Waals surface area contributed by atoms with Gasteiger partial charge in [-0.25, -0.2) is 4.98 Å². The summed E-state index contributed by atoms with van der Waals surface area (Å²) in [7, 11) is 0. The van der Waals surface area contributed by atoms with Crippen molar-refractivity contribution >= 4 is 17.0 Å². The second kappa shape index (κ2) is 3.87. The maximum absolute atomic E-state index is 11.5. The van der Waals surface area contributed by atoms with Crippen LogP contribution in [0, 0.1) is 5.92 Å². The van der Waals surface area contributed by atoms with Crippen molar-refractivity contribution in [2.45, 2.75) is 19.3 Å². The molecule has 1 N–H and O–H groups in total. The topological polar surface area (TPSA) is 55.0 Å². The molecule has 1 saturated carbocycles. The molecule has 0 aliphatic heterocycles. The Morgan fingerprint density at radius 2 is 2.35 bits per heavy atom. The van der Waals surface area contributed by atoms with Crippen LogP contribution in [0.3, 0.4) is 0 Å². The fraction of sp³-hybridized carbons (Fsp3) is 0.385. The molecule has 1 aromatic heterocycles. The molecule has 3 rings (SSSR count). The van der Waals surface area contributed by atoms with E-state index in [1.54, 1.807) is 0 Å². The number of aromatic nitrogens is 2. The maximum atomic E-state index is 11.5. The van der Waals surface area contributed by atoms with E-state index in [1.165, 1.54) is 0 Å². The number of rotatable bonds is 3. The Kier molecular flexibility index (Phi) is 2.35. The van der Waals surface area contributed by atoms with Crippen LogP contribution in [0.1, 0.15) is 25.1 Å². The smallest absolute Gasteiger partial charge is 0.309 e. The second-order valence-electron chi connectivity index (χ2n) is 4.34. The fourth-order valence-corrected chi connectivity index (χ4v) is 2.16. The monoisotopic (exact) mass is 230 g/mol. The Morgan fingerprint density at radius 3 is 3.12 bits per heavy atom. The van der Waals surface area contributed by atoms with Gasteiger partial charge in [-0.2, -0.15) is 0 Å². The van der Waals surface area contributed by atoms with Crippen molar-refractivity contribution in [3.8, 4) is 0 Å². The van der Waals surface area contributed by atoms with Gasteiger partial charge in [-0.05, 0) is 25.5 Å². The average molecular weight is 230 g/mol. The minimum atomic E-state index is -0.0991. The number of imidazole rings is 1. The lowest BCUT2D eigenvalue weighted by atomic mass is 10.3. The van der Waals surface area contributed by atoms with E-state index in [0.29, 0.717) is 6.61 Å². The van der Waals surface area contributed by atoms with E-state index >= 15 is 0 Å². The van der Waals surface area contributed by atoms with Gasteiger partial charge in [-0.1, -0.05) is 12.1 Å². The molecule has 0 bridgehead atoms. The number of nitrogens with one attached hydrogen (secondary N) is 1. The van der Waals surface area contributed by atoms with Crippen LogP contribution >= 0.6 is 0 Å². The number of carbonyl (C=O) groups is 1. The molecule has 1 aromatic carbocycles. The predicted octanol–water partition coefficient (Wildman–Crippen LogP) is 2.23. The number of carbonyl (C=O) groups excluding carboxylic acids is 1. The van der Waals surface area contributed by atoms with Gasteiger partial charge in [-0.15, -0.1) is 0 Å². The molecule has 0 amide bonds. The summed E-state index contributed by atoms with van der Waals surface area (Å²) >= 11 is 0. The van der Waals surface area contributed by atoms with E-state index in [0.717, 1.165) is 23.3 Å². The summed E-state index contributed by atoms with van der Waals surface area (Å²) in [5, 5.41) is 0. The average Bonchev–Trinajstić information content (AvgIpc) is 3.02. The normalized spacial score (nSPS) is 22.6. The van der Waals surface area contributed by atoms with E-state index in [1.807, 2.05) is 31.2 Å². The number of nitrogens with zero attached hydrogens (tertiary/aromatic N) is 1. The van der Waals surface area contributed by atoms with E-state index in [2.05, 4.69) is 9.97 Å². The summed E-state index contributed by atoms with van der Waals surface area (Å²) < 4.78 is 5.01. The Morgan fingerprint density at radius 1 is 1.53 bits per heavy atom. The lowest BCUT2D eigenvalue weighted by Crippen LogP contribution is -2.07. The highest BCUT2D eigenvalue weighted by atomic mass is 16.5. The number of ether oxygens (including phenoxy) is 1. The summed E-state index contributed by atoms with van der Waals surface area (Å²) in [4.78, 5) is 19.3. The largest absolute Gasteiger partial charge is 0.466 e. The van der Waals surface area contributed by atoms with Crippen molar-refractivity contribution in [3.05, 3.63) is 30.1 Å².